The minimum atomic E-state index is -0.0443. The smallest absolute Gasteiger partial charge is 0.0506 e. The maximum absolute atomic E-state index is 5.97. The molecule has 1 fully saturated rings. The van der Waals surface area contributed by atoms with Gasteiger partial charge in [-0.2, -0.15) is 0 Å². The molecule has 0 aromatic heterocycles. The van der Waals surface area contributed by atoms with Crippen LogP contribution in [0.5, 0.6) is 0 Å². The summed E-state index contributed by atoms with van der Waals surface area (Å²) in [6.45, 7) is 8.30. The molecule has 1 saturated heterocycles. The number of nitrogens with zero attached hydrogens (tertiary/aromatic N) is 1. The lowest BCUT2D eigenvalue weighted by molar-refractivity contribution is 0.0414. The Morgan fingerprint density at radius 2 is 2.20 bits per heavy atom. The Morgan fingerprint density at radius 1 is 1.47 bits per heavy atom. The molecule has 3 nitrogen and oxygen atoms in total. The van der Waals surface area contributed by atoms with Gasteiger partial charge >= 0.3 is 0 Å². The van der Waals surface area contributed by atoms with Crippen molar-refractivity contribution in [2.24, 2.45) is 11.7 Å². The standard InChI is InChI=1S/C12H26N2O/c1-12(2,13)6-7-14(3)9-11-5-4-8-15-10-11/h11H,4-10,13H2,1-3H3. The molecule has 15 heavy (non-hydrogen) atoms. The van der Waals surface area contributed by atoms with Crippen molar-refractivity contribution >= 4 is 0 Å². The predicted octanol–water partition coefficient (Wildman–Crippen LogP) is 1.47. The maximum Gasteiger partial charge on any atom is 0.0506 e. The van der Waals surface area contributed by atoms with E-state index in [9.17, 15) is 0 Å². The summed E-state index contributed by atoms with van der Waals surface area (Å²) in [5, 5.41) is 0. The molecule has 0 radical (unpaired) electrons. The zero-order valence-corrected chi connectivity index (χ0v) is 10.5. The first kappa shape index (κ1) is 12.9. The second kappa shape index (κ2) is 5.83. The first-order valence-corrected chi connectivity index (χ1v) is 6.02. The average molecular weight is 214 g/mol. The van der Waals surface area contributed by atoms with Gasteiger partial charge in [-0.05, 0) is 52.6 Å². The third-order valence-corrected chi connectivity index (χ3v) is 2.96. The quantitative estimate of drug-likeness (QED) is 0.753. The zero-order valence-electron chi connectivity index (χ0n) is 10.5. The maximum atomic E-state index is 5.97. The molecule has 0 spiro atoms. The summed E-state index contributed by atoms with van der Waals surface area (Å²) >= 11 is 0. The van der Waals surface area contributed by atoms with E-state index in [0.29, 0.717) is 0 Å². The number of nitrogens with two attached hydrogens (primary N) is 1. The van der Waals surface area contributed by atoms with Gasteiger partial charge in [-0.15, -0.1) is 0 Å². The van der Waals surface area contributed by atoms with Crippen LogP contribution in [-0.4, -0.2) is 43.8 Å². The number of ether oxygens (including phenoxy) is 1. The average Bonchev–Trinajstić information content (AvgIpc) is 2.15. The van der Waals surface area contributed by atoms with Gasteiger partial charge in [-0.25, -0.2) is 0 Å². The van der Waals surface area contributed by atoms with Crippen molar-refractivity contribution in [1.82, 2.24) is 4.90 Å². The highest BCUT2D eigenvalue weighted by Crippen LogP contribution is 2.15. The first-order chi connectivity index (χ1) is 6.97. The van der Waals surface area contributed by atoms with E-state index >= 15 is 0 Å². The van der Waals surface area contributed by atoms with Crippen molar-refractivity contribution in [2.45, 2.75) is 38.6 Å². The van der Waals surface area contributed by atoms with Crippen molar-refractivity contribution in [2.75, 3.05) is 33.4 Å². The third-order valence-electron chi connectivity index (χ3n) is 2.96. The largest absolute Gasteiger partial charge is 0.381 e. The van der Waals surface area contributed by atoms with Crippen LogP contribution in [0, 0.1) is 5.92 Å². The Bertz CT molecular complexity index is 171. The molecule has 2 N–H and O–H groups in total. The van der Waals surface area contributed by atoms with Gasteiger partial charge in [0, 0.05) is 18.7 Å². The van der Waals surface area contributed by atoms with Crippen LogP contribution in [0.3, 0.4) is 0 Å². The first-order valence-electron chi connectivity index (χ1n) is 6.02. The molecule has 0 aromatic rings. The minimum Gasteiger partial charge on any atom is -0.381 e. The van der Waals surface area contributed by atoms with Crippen LogP contribution in [0.4, 0.5) is 0 Å². The SMILES string of the molecule is CN(CCC(C)(C)N)CC1CCCOC1. The fourth-order valence-electron chi connectivity index (χ4n) is 1.96. The highest BCUT2D eigenvalue weighted by atomic mass is 16.5. The molecular formula is C12H26N2O. The zero-order chi connectivity index (χ0) is 11.3. The number of hydrogen-bond donors (Lipinski definition) is 1. The Hall–Kier alpha value is -0.120. The van der Waals surface area contributed by atoms with Crippen LogP contribution in [0.25, 0.3) is 0 Å². The van der Waals surface area contributed by atoms with Crippen molar-refractivity contribution in [3.8, 4) is 0 Å². The molecule has 0 aromatic carbocycles. The Kier molecular flexibility index (Phi) is 5.03. The third kappa shape index (κ3) is 6.13. The van der Waals surface area contributed by atoms with E-state index in [2.05, 4.69) is 25.8 Å². The van der Waals surface area contributed by atoms with Crippen LogP contribution < -0.4 is 5.73 Å². The second-order valence-corrected chi connectivity index (χ2v) is 5.58. The minimum absolute atomic E-state index is 0.0443. The number of rotatable bonds is 5. The highest BCUT2D eigenvalue weighted by Gasteiger charge is 2.17. The van der Waals surface area contributed by atoms with Crippen molar-refractivity contribution in [3.63, 3.8) is 0 Å². The summed E-state index contributed by atoms with van der Waals surface area (Å²) in [6, 6.07) is 0. The van der Waals surface area contributed by atoms with Gasteiger partial charge in [0.2, 0.25) is 0 Å². The Labute approximate surface area is 94.0 Å². The molecule has 90 valence electrons. The molecule has 1 heterocycles. The molecular weight excluding hydrogens is 188 g/mol. The van der Waals surface area contributed by atoms with E-state index < -0.39 is 0 Å². The van der Waals surface area contributed by atoms with Gasteiger partial charge in [0.05, 0.1) is 6.61 Å². The van der Waals surface area contributed by atoms with Gasteiger partial charge in [-0.1, -0.05) is 0 Å². The van der Waals surface area contributed by atoms with Gasteiger partial charge in [0.1, 0.15) is 0 Å². The van der Waals surface area contributed by atoms with Crippen LogP contribution in [0.2, 0.25) is 0 Å². The summed E-state index contributed by atoms with van der Waals surface area (Å²) in [7, 11) is 2.18. The van der Waals surface area contributed by atoms with Crippen molar-refractivity contribution in [1.29, 1.82) is 0 Å². The van der Waals surface area contributed by atoms with E-state index in [4.69, 9.17) is 10.5 Å². The van der Waals surface area contributed by atoms with E-state index in [1.54, 1.807) is 0 Å². The van der Waals surface area contributed by atoms with Crippen molar-refractivity contribution in [3.05, 3.63) is 0 Å². The summed E-state index contributed by atoms with van der Waals surface area (Å²) in [5.41, 5.74) is 5.92. The molecule has 1 aliphatic rings. The normalized spacial score (nSPS) is 23.4. The molecule has 1 atom stereocenters. The molecule has 1 aliphatic heterocycles. The molecule has 1 rings (SSSR count). The fourth-order valence-corrected chi connectivity index (χ4v) is 1.96. The molecule has 0 bridgehead atoms. The second-order valence-electron chi connectivity index (χ2n) is 5.58. The Balaban J connectivity index is 2.14. The van der Waals surface area contributed by atoms with Gasteiger partial charge < -0.3 is 15.4 Å². The lowest BCUT2D eigenvalue weighted by Crippen LogP contribution is -2.38. The highest BCUT2D eigenvalue weighted by molar-refractivity contribution is 4.74. The lowest BCUT2D eigenvalue weighted by atomic mass is 10.00. The molecule has 0 amide bonds. The van der Waals surface area contributed by atoms with E-state index in [0.717, 1.165) is 38.6 Å². The van der Waals surface area contributed by atoms with Gasteiger partial charge in [-0.3, -0.25) is 0 Å². The van der Waals surface area contributed by atoms with Crippen LogP contribution >= 0.6 is 0 Å². The Morgan fingerprint density at radius 3 is 2.73 bits per heavy atom. The lowest BCUT2D eigenvalue weighted by Gasteiger charge is -2.29. The predicted molar refractivity (Wildman–Crippen MR) is 63.9 cm³/mol. The molecule has 0 saturated carbocycles. The summed E-state index contributed by atoms with van der Waals surface area (Å²) in [5.74, 6) is 0.727. The van der Waals surface area contributed by atoms with Crippen LogP contribution in [0.15, 0.2) is 0 Å². The van der Waals surface area contributed by atoms with Crippen molar-refractivity contribution < 1.29 is 4.74 Å². The number of hydrogen-bond acceptors (Lipinski definition) is 3. The van der Waals surface area contributed by atoms with E-state index in [1.165, 1.54) is 12.8 Å². The van der Waals surface area contributed by atoms with Gasteiger partial charge in [0.15, 0.2) is 0 Å². The fraction of sp³-hybridized carbons (Fsp3) is 1.00. The molecule has 0 aliphatic carbocycles. The topological polar surface area (TPSA) is 38.5 Å². The summed E-state index contributed by atoms with van der Waals surface area (Å²) in [4.78, 5) is 2.38. The van der Waals surface area contributed by atoms with Crippen LogP contribution in [-0.2, 0) is 4.74 Å². The monoisotopic (exact) mass is 214 g/mol. The molecule has 3 heteroatoms. The van der Waals surface area contributed by atoms with E-state index in [-0.39, 0.29) is 5.54 Å². The summed E-state index contributed by atoms with van der Waals surface area (Å²) < 4.78 is 5.48. The van der Waals surface area contributed by atoms with Gasteiger partial charge in [0.25, 0.3) is 0 Å². The molecule has 1 unspecified atom stereocenters. The van der Waals surface area contributed by atoms with Crippen LogP contribution in [0.1, 0.15) is 33.1 Å². The van der Waals surface area contributed by atoms with E-state index in [1.807, 2.05) is 0 Å². The summed E-state index contributed by atoms with van der Waals surface area (Å²) in [6.07, 6.45) is 3.59.